The first-order valence-corrected chi connectivity index (χ1v) is 6.29. The van der Waals surface area contributed by atoms with Crippen molar-refractivity contribution >= 4 is 33.3 Å². The number of anilines is 1. The van der Waals surface area contributed by atoms with Gasteiger partial charge in [0, 0.05) is 12.4 Å². The van der Waals surface area contributed by atoms with E-state index in [1.54, 1.807) is 12.4 Å². The molecule has 0 radical (unpaired) electrons. The highest BCUT2D eigenvalue weighted by atomic mass is 79.9. The normalized spacial score (nSPS) is 10.3. The van der Waals surface area contributed by atoms with Gasteiger partial charge in [-0.05, 0) is 40.5 Å². The average Bonchev–Trinajstić information content (AvgIpc) is 2.30. The summed E-state index contributed by atoms with van der Waals surface area (Å²) in [5, 5.41) is 3.83. The van der Waals surface area contributed by atoms with Crippen LogP contribution < -0.4 is 5.32 Å². The van der Waals surface area contributed by atoms with Crippen LogP contribution in [0.5, 0.6) is 0 Å². The van der Waals surface area contributed by atoms with E-state index in [1.807, 2.05) is 25.1 Å². The van der Waals surface area contributed by atoms with Gasteiger partial charge in [0.05, 0.1) is 21.7 Å². The quantitative estimate of drug-likeness (QED) is 0.936. The van der Waals surface area contributed by atoms with Crippen LogP contribution in [0, 0.1) is 6.92 Å². The maximum Gasteiger partial charge on any atom is 0.140 e. The van der Waals surface area contributed by atoms with Crippen molar-refractivity contribution in [1.29, 1.82) is 0 Å². The Hall–Kier alpha value is -1.13. The van der Waals surface area contributed by atoms with E-state index in [2.05, 4.69) is 31.2 Å². The number of nitrogens with one attached hydrogen (secondary N) is 1. The van der Waals surface area contributed by atoms with Crippen LogP contribution >= 0.6 is 27.5 Å². The number of halogens is 2. The van der Waals surface area contributed by atoms with Crippen molar-refractivity contribution in [2.75, 3.05) is 5.32 Å². The Morgan fingerprint density at radius 1 is 1.41 bits per heavy atom. The lowest BCUT2D eigenvalue weighted by Crippen LogP contribution is -2.05. The molecule has 2 aromatic heterocycles. The highest BCUT2D eigenvalue weighted by molar-refractivity contribution is 9.10. The third-order valence-electron chi connectivity index (χ3n) is 2.35. The van der Waals surface area contributed by atoms with E-state index in [0.29, 0.717) is 11.6 Å². The number of rotatable bonds is 3. The lowest BCUT2D eigenvalue weighted by atomic mass is 10.2. The van der Waals surface area contributed by atoms with Crippen LogP contribution in [-0.2, 0) is 6.54 Å². The summed E-state index contributed by atoms with van der Waals surface area (Å²) in [6.45, 7) is 2.67. The van der Waals surface area contributed by atoms with Crippen molar-refractivity contribution in [1.82, 2.24) is 9.97 Å². The van der Waals surface area contributed by atoms with E-state index in [1.165, 1.54) is 0 Å². The van der Waals surface area contributed by atoms with E-state index in [9.17, 15) is 0 Å². The highest BCUT2D eigenvalue weighted by Gasteiger charge is 2.03. The van der Waals surface area contributed by atoms with Crippen LogP contribution in [0.4, 0.5) is 5.82 Å². The fraction of sp³-hybridized carbons (Fsp3) is 0.167. The molecule has 3 nitrogen and oxygen atoms in total. The van der Waals surface area contributed by atoms with Gasteiger partial charge in [-0.1, -0.05) is 17.7 Å². The van der Waals surface area contributed by atoms with Gasteiger partial charge in [-0.25, -0.2) is 4.98 Å². The summed E-state index contributed by atoms with van der Waals surface area (Å²) >= 11 is 9.24. The molecule has 0 saturated carbocycles. The predicted molar refractivity (Wildman–Crippen MR) is 73.2 cm³/mol. The number of aryl methyl sites for hydroxylation is 1. The topological polar surface area (TPSA) is 37.8 Å². The van der Waals surface area contributed by atoms with Gasteiger partial charge in [-0.2, -0.15) is 0 Å². The lowest BCUT2D eigenvalue weighted by molar-refractivity contribution is 1.00. The summed E-state index contributed by atoms with van der Waals surface area (Å²) in [5.74, 6) is 0.763. The molecule has 0 unspecified atom stereocenters. The molecule has 0 spiro atoms. The lowest BCUT2D eigenvalue weighted by Gasteiger charge is -2.08. The first-order chi connectivity index (χ1) is 8.16. The molecular formula is C12H11BrClN3. The molecule has 0 bridgehead atoms. The number of pyridine rings is 2. The Labute approximate surface area is 113 Å². The molecule has 0 aliphatic heterocycles. The standard InChI is InChI=1S/C12H11BrClN3/c1-8-3-2-4-15-11(8)7-17-12-10(13)5-9(14)6-16-12/h2-6H,7H2,1H3,(H,16,17). The second kappa shape index (κ2) is 5.47. The van der Waals surface area contributed by atoms with Gasteiger partial charge in [0.25, 0.3) is 0 Å². The van der Waals surface area contributed by atoms with Crippen molar-refractivity contribution in [2.45, 2.75) is 13.5 Å². The predicted octanol–water partition coefficient (Wildman–Crippen LogP) is 3.81. The van der Waals surface area contributed by atoms with Crippen LogP contribution in [0.1, 0.15) is 11.3 Å². The zero-order valence-corrected chi connectivity index (χ0v) is 11.6. The maximum atomic E-state index is 5.83. The molecule has 2 aromatic rings. The van der Waals surface area contributed by atoms with Gasteiger partial charge in [0.2, 0.25) is 0 Å². The second-order valence-electron chi connectivity index (χ2n) is 3.60. The molecule has 17 heavy (non-hydrogen) atoms. The summed E-state index contributed by atoms with van der Waals surface area (Å²) < 4.78 is 0.846. The fourth-order valence-electron chi connectivity index (χ4n) is 1.42. The van der Waals surface area contributed by atoms with E-state index in [-0.39, 0.29) is 0 Å². The van der Waals surface area contributed by atoms with Gasteiger partial charge in [-0.3, -0.25) is 4.98 Å². The van der Waals surface area contributed by atoms with E-state index in [0.717, 1.165) is 21.5 Å². The highest BCUT2D eigenvalue weighted by Crippen LogP contribution is 2.23. The second-order valence-corrected chi connectivity index (χ2v) is 4.90. The summed E-state index contributed by atoms with van der Waals surface area (Å²) in [5.41, 5.74) is 2.17. The third-order valence-corrected chi connectivity index (χ3v) is 3.16. The van der Waals surface area contributed by atoms with Gasteiger partial charge in [0.15, 0.2) is 0 Å². The summed E-state index contributed by atoms with van der Waals surface area (Å²) in [7, 11) is 0. The zero-order chi connectivity index (χ0) is 12.3. The van der Waals surface area contributed by atoms with Crippen molar-refractivity contribution in [3.05, 3.63) is 51.3 Å². The molecule has 0 atom stereocenters. The molecule has 2 rings (SSSR count). The smallest absolute Gasteiger partial charge is 0.140 e. The van der Waals surface area contributed by atoms with Crippen molar-refractivity contribution in [3.63, 3.8) is 0 Å². The fourth-order valence-corrected chi connectivity index (χ4v) is 2.19. The Bertz CT molecular complexity index is 531. The molecule has 5 heteroatoms. The van der Waals surface area contributed by atoms with Gasteiger partial charge < -0.3 is 5.32 Å². The van der Waals surface area contributed by atoms with E-state index < -0.39 is 0 Å². The number of hydrogen-bond acceptors (Lipinski definition) is 3. The summed E-state index contributed by atoms with van der Waals surface area (Å²) in [6, 6.07) is 5.77. The van der Waals surface area contributed by atoms with Gasteiger partial charge in [-0.15, -0.1) is 0 Å². The van der Waals surface area contributed by atoms with Crippen LogP contribution in [0.2, 0.25) is 5.02 Å². The molecule has 0 aliphatic rings. The largest absolute Gasteiger partial charge is 0.363 e. The molecule has 0 fully saturated rings. The number of nitrogens with zero attached hydrogens (tertiary/aromatic N) is 2. The van der Waals surface area contributed by atoms with Crippen molar-refractivity contribution < 1.29 is 0 Å². The molecular weight excluding hydrogens is 302 g/mol. The molecule has 88 valence electrons. The minimum atomic E-state index is 0.608. The van der Waals surface area contributed by atoms with Crippen molar-refractivity contribution in [3.8, 4) is 0 Å². The molecule has 0 aliphatic carbocycles. The van der Waals surface area contributed by atoms with Crippen molar-refractivity contribution in [2.24, 2.45) is 0 Å². The Balaban J connectivity index is 2.10. The Morgan fingerprint density at radius 3 is 2.94 bits per heavy atom. The monoisotopic (exact) mass is 311 g/mol. The molecule has 1 N–H and O–H groups in total. The third kappa shape index (κ3) is 3.17. The zero-order valence-electron chi connectivity index (χ0n) is 9.24. The Morgan fingerprint density at radius 2 is 2.24 bits per heavy atom. The number of hydrogen-bond donors (Lipinski definition) is 1. The molecule has 2 heterocycles. The van der Waals surface area contributed by atoms with Gasteiger partial charge in [0.1, 0.15) is 5.82 Å². The molecule has 0 amide bonds. The average molecular weight is 313 g/mol. The molecule has 0 saturated heterocycles. The van der Waals surface area contributed by atoms with Crippen LogP contribution in [0.25, 0.3) is 0 Å². The Kier molecular flexibility index (Phi) is 3.97. The van der Waals surface area contributed by atoms with E-state index >= 15 is 0 Å². The minimum absolute atomic E-state index is 0.608. The molecule has 0 aromatic carbocycles. The summed E-state index contributed by atoms with van der Waals surface area (Å²) in [6.07, 6.45) is 3.40. The van der Waals surface area contributed by atoms with Crippen LogP contribution in [0.3, 0.4) is 0 Å². The van der Waals surface area contributed by atoms with Crippen LogP contribution in [-0.4, -0.2) is 9.97 Å². The minimum Gasteiger partial charge on any atom is -0.363 e. The summed E-state index contributed by atoms with van der Waals surface area (Å²) in [4.78, 5) is 8.51. The SMILES string of the molecule is Cc1cccnc1CNc1ncc(Cl)cc1Br. The van der Waals surface area contributed by atoms with E-state index in [4.69, 9.17) is 11.6 Å². The number of aromatic nitrogens is 2. The van der Waals surface area contributed by atoms with Crippen LogP contribution in [0.15, 0.2) is 35.1 Å². The van der Waals surface area contributed by atoms with Gasteiger partial charge >= 0.3 is 0 Å². The maximum absolute atomic E-state index is 5.83. The first-order valence-electron chi connectivity index (χ1n) is 5.12. The first kappa shape index (κ1) is 12.3.